The molecule has 0 heteroatoms. The summed E-state index contributed by atoms with van der Waals surface area (Å²) in [6.07, 6.45) is 0. The Kier molecular flexibility index (Phi) is 3.06. The zero-order valence-electron chi connectivity index (χ0n) is 11.3. The first-order chi connectivity index (χ1) is 7.99. The molecule has 0 amide bonds. The molecule has 0 fully saturated rings. The van der Waals surface area contributed by atoms with Crippen molar-refractivity contribution in [3.8, 4) is 11.1 Å². The van der Waals surface area contributed by atoms with Crippen molar-refractivity contribution < 1.29 is 0 Å². The fraction of sp³-hybridized carbons (Fsp3) is 0.294. The molecular formula is C17H19. The van der Waals surface area contributed by atoms with Crippen molar-refractivity contribution in [1.82, 2.24) is 0 Å². The number of hydrogen-bond donors (Lipinski definition) is 0. The van der Waals surface area contributed by atoms with E-state index in [0.717, 1.165) is 0 Å². The van der Waals surface area contributed by atoms with Gasteiger partial charge < -0.3 is 0 Å². The topological polar surface area (TPSA) is 0 Å². The van der Waals surface area contributed by atoms with E-state index in [9.17, 15) is 0 Å². The summed E-state index contributed by atoms with van der Waals surface area (Å²) in [7, 11) is 0. The van der Waals surface area contributed by atoms with E-state index in [1.165, 1.54) is 38.9 Å². The molecule has 0 N–H and O–H groups in total. The van der Waals surface area contributed by atoms with E-state index in [4.69, 9.17) is 0 Å². The average molecular weight is 223 g/mol. The second-order valence-corrected chi connectivity index (χ2v) is 4.95. The molecule has 2 aromatic carbocycles. The molecule has 1 radical (unpaired) electrons. The average Bonchev–Trinajstić information content (AvgIpc) is 2.21. The zero-order valence-corrected chi connectivity index (χ0v) is 11.3. The van der Waals surface area contributed by atoms with Crippen LogP contribution in [0.25, 0.3) is 11.1 Å². The maximum Gasteiger partial charge on any atom is -0.0113 e. The summed E-state index contributed by atoms with van der Waals surface area (Å²) in [6.45, 7) is 10.8. The minimum Gasteiger partial charge on any atom is -0.0590 e. The van der Waals surface area contributed by atoms with Gasteiger partial charge in [0.2, 0.25) is 0 Å². The first-order valence-corrected chi connectivity index (χ1v) is 6.07. The van der Waals surface area contributed by atoms with Crippen LogP contribution in [0.2, 0.25) is 0 Å². The molecule has 0 saturated heterocycles. The van der Waals surface area contributed by atoms with E-state index < -0.39 is 0 Å². The fourth-order valence-corrected chi connectivity index (χ4v) is 2.51. The Morgan fingerprint density at radius 2 is 1.53 bits per heavy atom. The van der Waals surface area contributed by atoms with Crippen LogP contribution in [0.4, 0.5) is 0 Å². The van der Waals surface area contributed by atoms with E-state index >= 15 is 0 Å². The summed E-state index contributed by atoms with van der Waals surface area (Å²) in [4.78, 5) is 0. The van der Waals surface area contributed by atoms with Gasteiger partial charge >= 0.3 is 0 Å². The van der Waals surface area contributed by atoms with Crippen molar-refractivity contribution in [3.63, 3.8) is 0 Å². The summed E-state index contributed by atoms with van der Waals surface area (Å²) >= 11 is 0. The zero-order chi connectivity index (χ0) is 12.6. The monoisotopic (exact) mass is 223 g/mol. The molecule has 0 heterocycles. The van der Waals surface area contributed by atoms with Crippen LogP contribution in [-0.2, 0) is 0 Å². The smallest absolute Gasteiger partial charge is 0.0113 e. The van der Waals surface area contributed by atoms with Gasteiger partial charge in [0.05, 0.1) is 0 Å². The third-order valence-electron chi connectivity index (χ3n) is 3.25. The summed E-state index contributed by atoms with van der Waals surface area (Å²) in [5.41, 5.74) is 9.13. The highest BCUT2D eigenvalue weighted by atomic mass is 14.1. The van der Waals surface area contributed by atoms with Crippen molar-refractivity contribution in [2.75, 3.05) is 0 Å². The molecule has 0 atom stereocenters. The molecule has 0 aliphatic rings. The molecular weight excluding hydrogens is 204 g/mol. The van der Waals surface area contributed by atoms with Gasteiger partial charge in [0.15, 0.2) is 0 Å². The lowest BCUT2D eigenvalue weighted by atomic mass is 9.90. The van der Waals surface area contributed by atoms with Crippen LogP contribution >= 0.6 is 0 Å². The number of hydrogen-bond acceptors (Lipinski definition) is 0. The van der Waals surface area contributed by atoms with Crippen LogP contribution in [-0.4, -0.2) is 0 Å². The Bertz CT molecular complexity index is 539. The molecule has 0 aliphatic carbocycles. The highest BCUT2D eigenvalue weighted by Gasteiger charge is 2.09. The van der Waals surface area contributed by atoms with Gasteiger partial charge in [-0.3, -0.25) is 0 Å². The largest absolute Gasteiger partial charge is 0.0590 e. The molecule has 0 aliphatic heterocycles. The second-order valence-electron chi connectivity index (χ2n) is 4.95. The number of rotatable bonds is 1. The van der Waals surface area contributed by atoms with Gasteiger partial charge in [-0.05, 0) is 74.1 Å². The molecule has 0 nitrogen and oxygen atoms in total. The molecule has 0 unspecified atom stereocenters. The van der Waals surface area contributed by atoms with Crippen molar-refractivity contribution in [3.05, 3.63) is 58.1 Å². The number of aryl methyl sites for hydroxylation is 5. The Morgan fingerprint density at radius 1 is 0.824 bits per heavy atom. The van der Waals surface area contributed by atoms with E-state index in [2.05, 4.69) is 65.0 Å². The van der Waals surface area contributed by atoms with Crippen molar-refractivity contribution >= 4 is 0 Å². The molecule has 0 saturated carbocycles. The minimum absolute atomic E-state index is 1.22. The van der Waals surface area contributed by atoms with Crippen molar-refractivity contribution in [2.45, 2.75) is 34.6 Å². The maximum absolute atomic E-state index is 3.42. The lowest BCUT2D eigenvalue weighted by Gasteiger charge is -2.14. The Labute approximate surface area is 104 Å². The molecule has 0 aromatic heterocycles. The molecule has 0 spiro atoms. The van der Waals surface area contributed by atoms with Crippen LogP contribution in [0.15, 0.2) is 24.3 Å². The first kappa shape index (κ1) is 11.9. The van der Waals surface area contributed by atoms with Crippen LogP contribution in [0.1, 0.15) is 27.8 Å². The summed E-state index contributed by atoms with van der Waals surface area (Å²) in [6, 6.07) is 12.3. The normalized spacial score (nSPS) is 10.6. The molecule has 2 aromatic rings. The highest BCUT2D eigenvalue weighted by Crippen LogP contribution is 2.31. The Morgan fingerprint density at radius 3 is 2.18 bits per heavy atom. The van der Waals surface area contributed by atoms with Crippen LogP contribution in [0.5, 0.6) is 0 Å². The quantitative estimate of drug-likeness (QED) is 0.657. The minimum atomic E-state index is 1.22. The van der Waals surface area contributed by atoms with E-state index in [-0.39, 0.29) is 0 Å². The predicted octanol–water partition coefficient (Wildman–Crippen LogP) is 4.70. The van der Waals surface area contributed by atoms with Gasteiger partial charge in [0, 0.05) is 0 Å². The number of benzene rings is 2. The maximum atomic E-state index is 3.42. The van der Waals surface area contributed by atoms with E-state index in [0.29, 0.717) is 0 Å². The molecule has 17 heavy (non-hydrogen) atoms. The van der Waals surface area contributed by atoms with Gasteiger partial charge in [0.25, 0.3) is 0 Å². The van der Waals surface area contributed by atoms with Gasteiger partial charge in [-0.2, -0.15) is 0 Å². The van der Waals surface area contributed by atoms with Gasteiger partial charge in [0.1, 0.15) is 0 Å². The van der Waals surface area contributed by atoms with Gasteiger partial charge in [-0.25, -0.2) is 0 Å². The predicted molar refractivity (Wildman–Crippen MR) is 74.4 cm³/mol. The van der Waals surface area contributed by atoms with Crippen molar-refractivity contribution in [1.29, 1.82) is 0 Å². The van der Waals surface area contributed by atoms with Gasteiger partial charge in [-0.15, -0.1) is 0 Å². The first-order valence-electron chi connectivity index (χ1n) is 6.07. The fourth-order valence-electron chi connectivity index (χ4n) is 2.51. The Balaban J connectivity index is 2.72. The standard InChI is InChI=1S/C17H19/c1-11-6-7-13(3)16(10-11)17-14(4)8-12(2)9-15(17)5/h6-8,10H,1-5H3. The summed E-state index contributed by atoms with van der Waals surface area (Å²) < 4.78 is 0. The lowest BCUT2D eigenvalue weighted by Crippen LogP contribution is -1.93. The Hall–Kier alpha value is -1.56. The molecule has 2 rings (SSSR count). The molecule has 87 valence electrons. The summed E-state index contributed by atoms with van der Waals surface area (Å²) in [5.74, 6) is 0. The van der Waals surface area contributed by atoms with Crippen molar-refractivity contribution in [2.24, 2.45) is 0 Å². The van der Waals surface area contributed by atoms with Crippen LogP contribution in [0.3, 0.4) is 0 Å². The third-order valence-corrected chi connectivity index (χ3v) is 3.25. The lowest BCUT2D eigenvalue weighted by molar-refractivity contribution is 1.29. The summed E-state index contributed by atoms with van der Waals surface area (Å²) in [5, 5.41) is 0. The molecule has 0 bridgehead atoms. The van der Waals surface area contributed by atoms with E-state index in [1.54, 1.807) is 0 Å². The van der Waals surface area contributed by atoms with Gasteiger partial charge in [-0.1, -0.05) is 29.8 Å². The van der Waals surface area contributed by atoms with Crippen LogP contribution < -0.4 is 0 Å². The van der Waals surface area contributed by atoms with Crippen LogP contribution in [0, 0.1) is 40.7 Å². The SMILES string of the molecule is Cc1[c]c(C)c(-c2cc(C)ccc2C)c(C)c1. The third kappa shape index (κ3) is 2.26. The second kappa shape index (κ2) is 4.37. The highest BCUT2D eigenvalue weighted by molar-refractivity contribution is 5.74. The van der Waals surface area contributed by atoms with E-state index in [1.807, 2.05) is 0 Å².